The number of hydrogen-bond acceptors (Lipinski definition) is 3. The molecule has 0 aromatic heterocycles. The maximum Gasteiger partial charge on any atom is 0.253 e. The topological polar surface area (TPSA) is 70.1 Å². The summed E-state index contributed by atoms with van der Waals surface area (Å²) in [6.45, 7) is 4.37. The molecule has 0 spiro atoms. The number of carbonyl (C=O) groups is 1. The molecule has 0 radical (unpaired) electrons. The van der Waals surface area contributed by atoms with Crippen molar-refractivity contribution in [3.05, 3.63) is 34.9 Å². The zero-order valence-corrected chi connectivity index (χ0v) is 12.1. The Morgan fingerprint density at radius 2 is 2.20 bits per heavy atom. The van der Waals surface area contributed by atoms with Crippen molar-refractivity contribution in [3.63, 3.8) is 0 Å². The average molecular weight is 269 g/mol. The van der Waals surface area contributed by atoms with Crippen LogP contribution < -0.4 is 5.73 Å². The van der Waals surface area contributed by atoms with E-state index < -0.39 is 0 Å². The second-order valence-electron chi connectivity index (χ2n) is 4.75. The molecule has 0 aliphatic heterocycles. The first-order valence-corrected chi connectivity index (χ1v) is 6.44. The molecule has 1 aromatic carbocycles. The Morgan fingerprint density at radius 3 is 2.80 bits per heavy atom. The maximum atomic E-state index is 12.4. The van der Waals surface area contributed by atoms with Crippen molar-refractivity contribution in [1.82, 2.24) is 4.90 Å². The van der Waals surface area contributed by atoms with Gasteiger partial charge in [-0.1, -0.05) is 17.9 Å². The summed E-state index contributed by atoms with van der Waals surface area (Å²) in [5, 5.41) is 8.81. The molecule has 0 saturated carbocycles. The fourth-order valence-electron chi connectivity index (χ4n) is 1.82. The van der Waals surface area contributed by atoms with E-state index in [2.05, 4.69) is 17.9 Å². The number of carbonyl (C=O) groups excluding carboxylic acids is 1. The number of aryl methyl sites for hydroxylation is 1. The lowest BCUT2D eigenvalue weighted by molar-refractivity contribution is 0.0784. The summed E-state index contributed by atoms with van der Waals surface area (Å²) in [5.74, 6) is 5.40. The quantitative estimate of drug-likeness (QED) is 0.846. The van der Waals surface area contributed by atoms with E-state index >= 15 is 0 Å². The van der Waals surface area contributed by atoms with Crippen LogP contribution in [0, 0.1) is 36.0 Å². The van der Waals surface area contributed by atoms with Gasteiger partial charge < -0.3 is 10.6 Å². The van der Waals surface area contributed by atoms with Crippen molar-refractivity contribution in [2.45, 2.75) is 13.8 Å². The molecular formula is C16H19N3O. The van der Waals surface area contributed by atoms with Gasteiger partial charge in [0, 0.05) is 24.7 Å². The molecule has 0 heterocycles. The van der Waals surface area contributed by atoms with E-state index in [4.69, 9.17) is 11.0 Å². The minimum Gasteiger partial charge on any atom is -0.340 e. The fourth-order valence-corrected chi connectivity index (χ4v) is 1.82. The maximum absolute atomic E-state index is 12.4. The first-order chi connectivity index (χ1) is 9.49. The predicted octanol–water partition coefficient (Wildman–Crippen LogP) is 1.54. The van der Waals surface area contributed by atoms with E-state index in [1.54, 1.807) is 24.9 Å². The van der Waals surface area contributed by atoms with Crippen LogP contribution in [0.5, 0.6) is 0 Å². The molecule has 1 amide bonds. The van der Waals surface area contributed by atoms with E-state index in [1.165, 1.54) is 0 Å². The van der Waals surface area contributed by atoms with Gasteiger partial charge in [-0.05, 0) is 31.5 Å². The first kappa shape index (κ1) is 15.8. The van der Waals surface area contributed by atoms with E-state index in [1.807, 2.05) is 19.1 Å². The van der Waals surface area contributed by atoms with Crippen LogP contribution in [-0.4, -0.2) is 30.9 Å². The molecule has 0 bridgehead atoms. The molecule has 0 aliphatic rings. The Kier molecular flexibility index (Phi) is 5.77. The summed E-state index contributed by atoms with van der Waals surface area (Å²) in [6.07, 6.45) is 0. The zero-order valence-electron chi connectivity index (χ0n) is 12.1. The predicted molar refractivity (Wildman–Crippen MR) is 78.8 cm³/mol. The Labute approximate surface area is 120 Å². The molecule has 104 valence electrons. The SMILES string of the molecule is Cc1ccc(C#CCN)cc1C(=O)N(C)CC(C)C#N. The van der Waals surface area contributed by atoms with Crippen molar-refractivity contribution in [1.29, 1.82) is 5.26 Å². The third-order valence-corrected chi connectivity index (χ3v) is 2.92. The lowest BCUT2D eigenvalue weighted by atomic mass is 10.0. The van der Waals surface area contributed by atoms with Crippen LogP contribution in [0.3, 0.4) is 0 Å². The zero-order chi connectivity index (χ0) is 15.1. The van der Waals surface area contributed by atoms with Crippen molar-refractivity contribution in [2.75, 3.05) is 20.1 Å². The third-order valence-electron chi connectivity index (χ3n) is 2.92. The van der Waals surface area contributed by atoms with Crippen LogP contribution in [0.1, 0.15) is 28.4 Å². The van der Waals surface area contributed by atoms with Gasteiger partial charge in [0.2, 0.25) is 0 Å². The van der Waals surface area contributed by atoms with E-state index in [0.717, 1.165) is 11.1 Å². The van der Waals surface area contributed by atoms with Crippen LogP contribution in [0.4, 0.5) is 0 Å². The van der Waals surface area contributed by atoms with Gasteiger partial charge in [0.05, 0.1) is 18.5 Å². The van der Waals surface area contributed by atoms with Crippen LogP contribution >= 0.6 is 0 Å². The number of nitriles is 1. The van der Waals surface area contributed by atoms with Crippen LogP contribution in [-0.2, 0) is 0 Å². The van der Waals surface area contributed by atoms with Gasteiger partial charge >= 0.3 is 0 Å². The molecule has 1 rings (SSSR count). The summed E-state index contributed by atoms with van der Waals surface area (Å²) < 4.78 is 0. The molecular weight excluding hydrogens is 250 g/mol. The fraction of sp³-hybridized carbons (Fsp3) is 0.375. The van der Waals surface area contributed by atoms with Crippen LogP contribution in [0.2, 0.25) is 0 Å². The highest BCUT2D eigenvalue weighted by atomic mass is 16.2. The Hall–Kier alpha value is -2.30. The molecule has 4 nitrogen and oxygen atoms in total. The summed E-state index contributed by atoms with van der Waals surface area (Å²) >= 11 is 0. The van der Waals surface area contributed by atoms with Gasteiger partial charge in [-0.15, -0.1) is 0 Å². The van der Waals surface area contributed by atoms with Gasteiger partial charge in [-0.3, -0.25) is 4.79 Å². The number of nitrogens with two attached hydrogens (primary N) is 1. The van der Waals surface area contributed by atoms with E-state index in [9.17, 15) is 4.79 Å². The summed E-state index contributed by atoms with van der Waals surface area (Å²) in [6, 6.07) is 7.64. The Bertz CT molecular complexity index is 590. The van der Waals surface area contributed by atoms with Gasteiger partial charge in [-0.25, -0.2) is 0 Å². The first-order valence-electron chi connectivity index (χ1n) is 6.44. The van der Waals surface area contributed by atoms with Crippen molar-refractivity contribution in [2.24, 2.45) is 11.7 Å². The molecule has 1 aromatic rings. The molecule has 0 saturated heterocycles. The van der Waals surface area contributed by atoms with Gasteiger partial charge in [-0.2, -0.15) is 5.26 Å². The molecule has 2 N–H and O–H groups in total. The summed E-state index contributed by atoms with van der Waals surface area (Å²) in [4.78, 5) is 14.0. The normalized spacial score (nSPS) is 10.9. The Morgan fingerprint density at radius 1 is 1.50 bits per heavy atom. The summed E-state index contributed by atoms with van der Waals surface area (Å²) in [7, 11) is 1.70. The second-order valence-corrected chi connectivity index (χ2v) is 4.75. The second kappa shape index (κ2) is 7.33. The minimum atomic E-state index is -0.190. The smallest absolute Gasteiger partial charge is 0.253 e. The van der Waals surface area contributed by atoms with Crippen LogP contribution in [0.15, 0.2) is 18.2 Å². The number of benzene rings is 1. The summed E-state index contributed by atoms with van der Waals surface area (Å²) in [5.41, 5.74) is 7.62. The largest absolute Gasteiger partial charge is 0.340 e. The molecule has 0 fully saturated rings. The van der Waals surface area contributed by atoms with E-state index in [0.29, 0.717) is 12.1 Å². The van der Waals surface area contributed by atoms with Gasteiger partial charge in [0.1, 0.15) is 0 Å². The van der Waals surface area contributed by atoms with Crippen molar-refractivity contribution < 1.29 is 4.79 Å². The molecule has 1 atom stereocenters. The third kappa shape index (κ3) is 4.12. The minimum absolute atomic E-state index is 0.0963. The highest BCUT2D eigenvalue weighted by molar-refractivity contribution is 5.95. The average Bonchev–Trinajstić information content (AvgIpc) is 2.45. The standard InChI is InChI=1S/C16H19N3O/c1-12(10-18)11-19(3)16(20)15-9-14(5-4-8-17)7-6-13(15)2/h6-7,9,12H,8,11,17H2,1-3H3. The number of amides is 1. The highest BCUT2D eigenvalue weighted by Gasteiger charge is 2.16. The van der Waals surface area contributed by atoms with Crippen molar-refractivity contribution in [3.8, 4) is 17.9 Å². The molecule has 0 aliphatic carbocycles. The number of nitrogens with zero attached hydrogens (tertiary/aromatic N) is 2. The highest BCUT2D eigenvalue weighted by Crippen LogP contribution is 2.13. The lowest BCUT2D eigenvalue weighted by Gasteiger charge is -2.19. The number of hydrogen-bond donors (Lipinski definition) is 1. The van der Waals surface area contributed by atoms with Gasteiger partial charge in [0.25, 0.3) is 5.91 Å². The molecule has 20 heavy (non-hydrogen) atoms. The monoisotopic (exact) mass is 269 g/mol. The molecule has 4 heteroatoms. The lowest BCUT2D eigenvalue weighted by Crippen LogP contribution is -2.31. The number of rotatable bonds is 3. The van der Waals surface area contributed by atoms with E-state index in [-0.39, 0.29) is 18.4 Å². The Balaban J connectivity index is 3.00. The van der Waals surface area contributed by atoms with Crippen LogP contribution in [0.25, 0.3) is 0 Å². The molecule has 1 unspecified atom stereocenters. The van der Waals surface area contributed by atoms with Crippen molar-refractivity contribution >= 4 is 5.91 Å². The van der Waals surface area contributed by atoms with Gasteiger partial charge in [0.15, 0.2) is 0 Å².